The number of amides is 1. The molecular weight excluding hydrogens is 250 g/mol. The van der Waals surface area contributed by atoms with Crippen LogP contribution in [0.1, 0.15) is 24.8 Å². The van der Waals surface area contributed by atoms with Crippen LogP contribution in [-0.2, 0) is 11.2 Å². The molecule has 1 aliphatic heterocycles. The van der Waals surface area contributed by atoms with Crippen LogP contribution >= 0.6 is 0 Å². The van der Waals surface area contributed by atoms with Crippen LogP contribution in [0, 0.1) is 0 Å². The van der Waals surface area contributed by atoms with Gasteiger partial charge in [0.05, 0.1) is 6.04 Å². The Labute approximate surface area is 121 Å². The highest BCUT2D eigenvalue weighted by atomic mass is 16.2. The van der Waals surface area contributed by atoms with E-state index >= 15 is 0 Å². The second-order valence-electron chi connectivity index (χ2n) is 5.72. The van der Waals surface area contributed by atoms with Gasteiger partial charge in [0.25, 0.3) is 0 Å². The van der Waals surface area contributed by atoms with Crippen molar-refractivity contribution in [2.45, 2.75) is 37.8 Å². The lowest BCUT2D eigenvalue weighted by Crippen LogP contribution is -2.49. The van der Waals surface area contributed by atoms with E-state index in [0.717, 1.165) is 32.4 Å². The molecule has 1 aliphatic rings. The fourth-order valence-electron chi connectivity index (χ4n) is 2.56. The van der Waals surface area contributed by atoms with Gasteiger partial charge >= 0.3 is 0 Å². The summed E-state index contributed by atoms with van der Waals surface area (Å²) in [6.07, 6.45) is 3.59. The van der Waals surface area contributed by atoms with E-state index in [1.165, 1.54) is 5.56 Å². The van der Waals surface area contributed by atoms with Crippen molar-refractivity contribution >= 4 is 5.91 Å². The second-order valence-corrected chi connectivity index (χ2v) is 5.72. The second kappa shape index (κ2) is 7.41. The maximum absolute atomic E-state index is 12.1. The summed E-state index contributed by atoms with van der Waals surface area (Å²) in [5, 5.41) is 3.08. The molecule has 1 aromatic carbocycles. The molecule has 0 bridgehead atoms. The Balaban J connectivity index is 1.72. The quantitative estimate of drug-likeness (QED) is 0.848. The number of hydrogen-bond donors (Lipinski definition) is 2. The number of carbonyl (C=O) groups excluding carboxylic acids is 1. The van der Waals surface area contributed by atoms with Gasteiger partial charge in [-0.1, -0.05) is 30.3 Å². The van der Waals surface area contributed by atoms with E-state index in [1.54, 1.807) is 0 Å². The van der Waals surface area contributed by atoms with Crippen LogP contribution in [0.5, 0.6) is 0 Å². The fraction of sp³-hybridized carbons (Fsp3) is 0.562. The number of benzene rings is 1. The summed E-state index contributed by atoms with van der Waals surface area (Å²) in [6.45, 7) is 2.09. The van der Waals surface area contributed by atoms with E-state index in [4.69, 9.17) is 5.73 Å². The Morgan fingerprint density at radius 2 is 2.00 bits per heavy atom. The molecule has 1 saturated heterocycles. The van der Waals surface area contributed by atoms with Crippen molar-refractivity contribution in [1.29, 1.82) is 0 Å². The minimum absolute atomic E-state index is 0.00418. The van der Waals surface area contributed by atoms with Crippen LogP contribution in [0.3, 0.4) is 0 Å². The lowest BCUT2D eigenvalue weighted by atomic mass is 10.0. The molecular formula is C16H25N3O. The zero-order valence-electron chi connectivity index (χ0n) is 12.2. The zero-order chi connectivity index (χ0) is 14.4. The number of piperidine rings is 1. The largest absolute Gasteiger partial charge is 0.352 e. The fourth-order valence-corrected chi connectivity index (χ4v) is 2.56. The van der Waals surface area contributed by atoms with E-state index in [2.05, 4.69) is 29.4 Å². The van der Waals surface area contributed by atoms with Gasteiger partial charge in [-0.2, -0.15) is 0 Å². The number of nitrogens with one attached hydrogen (secondary N) is 1. The molecule has 1 fully saturated rings. The number of carbonyl (C=O) groups is 1. The Bertz CT molecular complexity index is 413. The van der Waals surface area contributed by atoms with Gasteiger partial charge in [0.15, 0.2) is 0 Å². The molecule has 20 heavy (non-hydrogen) atoms. The van der Waals surface area contributed by atoms with E-state index in [-0.39, 0.29) is 5.91 Å². The molecule has 1 aromatic rings. The first-order chi connectivity index (χ1) is 9.65. The van der Waals surface area contributed by atoms with Crippen LogP contribution in [0.4, 0.5) is 0 Å². The standard InChI is InChI=1S/C16H25N3O/c1-19-11-9-14(10-12-19)18-16(20)15(17)8-7-13-5-3-2-4-6-13/h2-6,14-15H,7-12,17H2,1H3,(H,18,20)/t15-/m0/s1. The lowest BCUT2D eigenvalue weighted by Gasteiger charge is -2.30. The van der Waals surface area contributed by atoms with E-state index < -0.39 is 6.04 Å². The molecule has 110 valence electrons. The molecule has 1 heterocycles. The molecule has 0 aliphatic carbocycles. The van der Waals surface area contributed by atoms with Gasteiger partial charge in [0.1, 0.15) is 0 Å². The molecule has 0 unspecified atom stereocenters. The highest BCUT2D eigenvalue weighted by Crippen LogP contribution is 2.09. The molecule has 0 radical (unpaired) electrons. The number of nitrogens with two attached hydrogens (primary N) is 1. The van der Waals surface area contributed by atoms with Crippen LogP contribution in [-0.4, -0.2) is 43.0 Å². The Morgan fingerprint density at radius 1 is 1.35 bits per heavy atom. The zero-order valence-corrected chi connectivity index (χ0v) is 12.2. The van der Waals surface area contributed by atoms with Gasteiger partial charge in [-0.15, -0.1) is 0 Å². The predicted molar refractivity (Wildman–Crippen MR) is 81.4 cm³/mol. The van der Waals surface area contributed by atoms with Crippen molar-refractivity contribution in [3.8, 4) is 0 Å². The van der Waals surface area contributed by atoms with Crippen LogP contribution in [0.15, 0.2) is 30.3 Å². The average molecular weight is 275 g/mol. The highest BCUT2D eigenvalue weighted by Gasteiger charge is 2.21. The summed E-state index contributed by atoms with van der Waals surface area (Å²) in [4.78, 5) is 14.4. The van der Waals surface area contributed by atoms with Gasteiger partial charge in [-0.05, 0) is 51.4 Å². The van der Waals surface area contributed by atoms with Crippen LogP contribution in [0.25, 0.3) is 0 Å². The van der Waals surface area contributed by atoms with Crippen molar-refractivity contribution in [1.82, 2.24) is 10.2 Å². The SMILES string of the molecule is CN1CCC(NC(=O)[C@@H](N)CCc2ccccc2)CC1. The van der Waals surface area contributed by atoms with Crippen molar-refractivity contribution < 1.29 is 4.79 Å². The maximum Gasteiger partial charge on any atom is 0.237 e. The van der Waals surface area contributed by atoms with E-state index in [0.29, 0.717) is 12.5 Å². The molecule has 0 aromatic heterocycles. The summed E-state index contributed by atoms with van der Waals surface area (Å²) < 4.78 is 0. The molecule has 3 N–H and O–H groups in total. The Kier molecular flexibility index (Phi) is 5.56. The van der Waals surface area contributed by atoms with Gasteiger partial charge in [-0.3, -0.25) is 4.79 Å². The minimum Gasteiger partial charge on any atom is -0.352 e. The first-order valence-electron chi connectivity index (χ1n) is 7.43. The summed E-state index contributed by atoms with van der Waals surface area (Å²) >= 11 is 0. The average Bonchev–Trinajstić information content (AvgIpc) is 2.48. The third-order valence-corrected chi connectivity index (χ3v) is 3.99. The molecule has 0 saturated carbocycles. The number of rotatable bonds is 5. The Hall–Kier alpha value is -1.39. The molecule has 2 rings (SSSR count). The van der Waals surface area contributed by atoms with E-state index in [1.807, 2.05) is 18.2 Å². The first-order valence-corrected chi connectivity index (χ1v) is 7.43. The monoisotopic (exact) mass is 275 g/mol. The molecule has 0 spiro atoms. The number of likely N-dealkylation sites (tertiary alicyclic amines) is 1. The molecule has 4 heteroatoms. The topological polar surface area (TPSA) is 58.4 Å². The highest BCUT2D eigenvalue weighted by molar-refractivity contribution is 5.81. The van der Waals surface area contributed by atoms with Crippen molar-refractivity contribution in [3.05, 3.63) is 35.9 Å². The number of hydrogen-bond acceptors (Lipinski definition) is 3. The Morgan fingerprint density at radius 3 is 2.65 bits per heavy atom. The predicted octanol–water partition coefficient (Wildman–Crippen LogP) is 1.16. The molecule has 1 atom stereocenters. The first kappa shape index (κ1) is 15.0. The van der Waals surface area contributed by atoms with Gasteiger partial charge in [0.2, 0.25) is 5.91 Å². The summed E-state index contributed by atoms with van der Waals surface area (Å²) in [6, 6.07) is 10.1. The van der Waals surface area contributed by atoms with E-state index in [9.17, 15) is 4.79 Å². The number of nitrogens with zero attached hydrogens (tertiary/aromatic N) is 1. The third kappa shape index (κ3) is 4.62. The van der Waals surface area contributed by atoms with Crippen molar-refractivity contribution in [2.75, 3.05) is 20.1 Å². The van der Waals surface area contributed by atoms with Crippen molar-refractivity contribution in [2.24, 2.45) is 5.73 Å². The van der Waals surface area contributed by atoms with Crippen LogP contribution in [0.2, 0.25) is 0 Å². The smallest absolute Gasteiger partial charge is 0.237 e. The number of aryl methyl sites for hydroxylation is 1. The summed E-state index contributed by atoms with van der Waals surface area (Å²) in [7, 11) is 2.11. The lowest BCUT2D eigenvalue weighted by molar-refractivity contribution is -0.123. The van der Waals surface area contributed by atoms with Crippen molar-refractivity contribution in [3.63, 3.8) is 0 Å². The normalized spacial score (nSPS) is 18.7. The molecule has 4 nitrogen and oxygen atoms in total. The minimum atomic E-state index is -0.408. The van der Waals surface area contributed by atoms with Gasteiger partial charge in [-0.25, -0.2) is 0 Å². The van der Waals surface area contributed by atoms with Gasteiger partial charge in [0, 0.05) is 6.04 Å². The third-order valence-electron chi connectivity index (χ3n) is 3.99. The van der Waals surface area contributed by atoms with Crippen LogP contribution < -0.4 is 11.1 Å². The summed E-state index contributed by atoms with van der Waals surface area (Å²) in [5.74, 6) is -0.00418. The molecule has 1 amide bonds. The summed E-state index contributed by atoms with van der Waals surface area (Å²) in [5.41, 5.74) is 7.22. The maximum atomic E-state index is 12.1. The van der Waals surface area contributed by atoms with Gasteiger partial charge < -0.3 is 16.0 Å².